The molecule has 0 fully saturated rings. The number of ether oxygens (including phenoxy) is 2. The van der Waals surface area contributed by atoms with E-state index in [1.807, 2.05) is 11.9 Å². The quantitative estimate of drug-likeness (QED) is 0.640. The second kappa shape index (κ2) is 5.28. The summed E-state index contributed by atoms with van der Waals surface area (Å²) in [5.74, 6) is 0.0389. The molecule has 2 aromatic rings. The molecule has 0 saturated heterocycles. The Balaban J connectivity index is 2.20. The van der Waals surface area contributed by atoms with Gasteiger partial charge in [-0.1, -0.05) is 0 Å². The molecule has 2 rings (SSSR count). The van der Waals surface area contributed by atoms with Crippen molar-refractivity contribution in [2.75, 3.05) is 32.7 Å². The molecule has 18 heavy (non-hydrogen) atoms. The molecule has 0 radical (unpaired) electrons. The van der Waals surface area contributed by atoms with Crippen molar-refractivity contribution < 1.29 is 13.9 Å². The molecule has 0 saturated carbocycles. The number of anilines is 1. The SMILES string of the molecule is COC(CN(C)c1nc2nc(F)ccc2[nH]1)OC. The molecular weight excluding hydrogens is 239 g/mol. The zero-order chi connectivity index (χ0) is 13.1. The van der Waals surface area contributed by atoms with Crippen LogP contribution >= 0.6 is 0 Å². The van der Waals surface area contributed by atoms with Gasteiger partial charge in [-0.2, -0.15) is 14.4 Å². The van der Waals surface area contributed by atoms with Crippen molar-refractivity contribution in [3.8, 4) is 0 Å². The van der Waals surface area contributed by atoms with Crippen LogP contribution in [0.3, 0.4) is 0 Å². The number of nitrogens with one attached hydrogen (secondary N) is 1. The van der Waals surface area contributed by atoms with Gasteiger partial charge in [-0.25, -0.2) is 0 Å². The van der Waals surface area contributed by atoms with E-state index >= 15 is 0 Å². The molecule has 0 spiro atoms. The van der Waals surface area contributed by atoms with E-state index in [0.717, 1.165) is 0 Å². The number of H-pyrrole nitrogens is 1. The zero-order valence-electron chi connectivity index (χ0n) is 10.5. The highest BCUT2D eigenvalue weighted by atomic mass is 19.1. The Labute approximate surface area is 104 Å². The van der Waals surface area contributed by atoms with Gasteiger partial charge in [-0.15, -0.1) is 0 Å². The summed E-state index contributed by atoms with van der Waals surface area (Å²) in [4.78, 5) is 12.8. The lowest BCUT2D eigenvalue weighted by molar-refractivity contribution is -0.0945. The van der Waals surface area contributed by atoms with Gasteiger partial charge in [0.05, 0.1) is 12.1 Å². The molecule has 1 N–H and O–H groups in total. The van der Waals surface area contributed by atoms with Gasteiger partial charge in [0.15, 0.2) is 11.9 Å². The predicted molar refractivity (Wildman–Crippen MR) is 64.9 cm³/mol. The topological polar surface area (TPSA) is 63.3 Å². The van der Waals surface area contributed by atoms with E-state index in [4.69, 9.17) is 9.47 Å². The average molecular weight is 254 g/mol. The lowest BCUT2D eigenvalue weighted by atomic mass is 10.4. The molecule has 2 heterocycles. The lowest BCUT2D eigenvalue weighted by Gasteiger charge is -2.21. The third kappa shape index (κ3) is 2.57. The number of halogens is 1. The molecule has 0 aliphatic rings. The maximum Gasteiger partial charge on any atom is 0.215 e. The standard InChI is InChI=1S/C11H15FN4O2/c1-16(6-9(17-2)18-3)11-13-7-4-5-8(12)14-10(7)15-11/h4-5,9H,6H2,1-3H3,(H,13,14,15). The van der Waals surface area contributed by atoms with Gasteiger partial charge in [0.2, 0.25) is 11.9 Å². The number of nitrogens with zero attached hydrogens (tertiary/aromatic N) is 3. The van der Waals surface area contributed by atoms with E-state index in [-0.39, 0.29) is 6.29 Å². The second-order valence-corrected chi connectivity index (χ2v) is 3.85. The van der Waals surface area contributed by atoms with Crippen LogP contribution in [0.15, 0.2) is 12.1 Å². The van der Waals surface area contributed by atoms with Gasteiger partial charge in [0, 0.05) is 21.3 Å². The molecule has 0 unspecified atom stereocenters. The number of methoxy groups -OCH3 is 2. The fraction of sp³-hybridized carbons (Fsp3) is 0.455. The molecule has 0 amide bonds. The molecule has 0 atom stereocenters. The van der Waals surface area contributed by atoms with Crippen molar-refractivity contribution in [2.45, 2.75) is 6.29 Å². The Hall–Kier alpha value is -1.73. The summed E-state index contributed by atoms with van der Waals surface area (Å²) >= 11 is 0. The van der Waals surface area contributed by atoms with Crippen molar-refractivity contribution >= 4 is 17.1 Å². The number of imidazole rings is 1. The average Bonchev–Trinajstić information content (AvgIpc) is 2.78. The smallest absolute Gasteiger partial charge is 0.215 e. The lowest BCUT2D eigenvalue weighted by Crippen LogP contribution is -2.32. The molecule has 0 aliphatic carbocycles. The summed E-state index contributed by atoms with van der Waals surface area (Å²) in [5.41, 5.74) is 1.04. The Kier molecular flexibility index (Phi) is 3.73. The minimum absolute atomic E-state index is 0.350. The third-order valence-electron chi connectivity index (χ3n) is 2.61. The van der Waals surface area contributed by atoms with Crippen LogP contribution in [0.4, 0.5) is 10.3 Å². The molecule has 7 heteroatoms. The summed E-state index contributed by atoms with van der Waals surface area (Å²) in [6.45, 7) is 0.495. The van der Waals surface area contributed by atoms with Crippen LogP contribution in [0.25, 0.3) is 11.2 Å². The first-order chi connectivity index (χ1) is 8.63. The molecule has 6 nitrogen and oxygen atoms in total. The van der Waals surface area contributed by atoms with Crippen molar-refractivity contribution in [3.63, 3.8) is 0 Å². The van der Waals surface area contributed by atoms with Crippen LogP contribution in [0.1, 0.15) is 0 Å². The maximum atomic E-state index is 12.9. The van der Waals surface area contributed by atoms with Crippen molar-refractivity contribution in [3.05, 3.63) is 18.1 Å². The third-order valence-corrected chi connectivity index (χ3v) is 2.61. The first-order valence-electron chi connectivity index (χ1n) is 5.43. The number of aromatic nitrogens is 3. The van der Waals surface area contributed by atoms with E-state index in [2.05, 4.69) is 15.0 Å². The van der Waals surface area contributed by atoms with E-state index in [1.165, 1.54) is 6.07 Å². The number of aromatic amines is 1. The Morgan fingerprint density at radius 3 is 2.72 bits per heavy atom. The Bertz CT molecular complexity index is 527. The normalized spacial score (nSPS) is 11.4. The van der Waals surface area contributed by atoms with E-state index in [0.29, 0.717) is 23.7 Å². The van der Waals surface area contributed by atoms with Crippen LogP contribution in [0.2, 0.25) is 0 Å². The van der Waals surface area contributed by atoms with Crippen molar-refractivity contribution in [1.29, 1.82) is 0 Å². The number of pyridine rings is 1. The van der Waals surface area contributed by atoms with Gasteiger partial charge in [0.1, 0.15) is 0 Å². The Morgan fingerprint density at radius 1 is 1.33 bits per heavy atom. The molecule has 0 aliphatic heterocycles. The molecule has 0 bridgehead atoms. The van der Waals surface area contributed by atoms with Crippen LogP contribution in [0.5, 0.6) is 0 Å². The number of rotatable bonds is 5. The minimum Gasteiger partial charge on any atom is -0.354 e. The number of likely N-dealkylation sites (N-methyl/N-ethyl adjacent to an activating group) is 1. The Morgan fingerprint density at radius 2 is 2.06 bits per heavy atom. The largest absolute Gasteiger partial charge is 0.354 e. The molecule has 2 aromatic heterocycles. The van der Waals surface area contributed by atoms with E-state index in [1.54, 1.807) is 20.3 Å². The van der Waals surface area contributed by atoms with Gasteiger partial charge in [-0.05, 0) is 12.1 Å². The van der Waals surface area contributed by atoms with Crippen molar-refractivity contribution in [2.24, 2.45) is 0 Å². The first kappa shape index (κ1) is 12.7. The molecule has 0 aromatic carbocycles. The summed E-state index contributed by atoms with van der Waals surface area (Å²) in [6, 6.07) is 2.89. The van der Waals surface area contributed by atoms with Gasteiger partial charge in [-0.3, -0.25) is 0 Å². The first-order valence-corrected chi connectivity index (χ1v) is 5.43. The monoisotopic (exact) mass is 254 g/mol. The van der Waals surface area contributed by atoms with Gasteiger partial charge < -0.3 is 19.4 Å². The highest BCUT2D eigenvalue weighted by molar-refractivity contribution is 5.73. The fourth-order valence-electron chi connectivity index (χ4n) is 1.59. The summed E-state index contributed by atoms with van der Waals surface area (Å²) in [7, 11) is 4.97. The van der Waals surface area contributed by atoms with E-state index < -0.39 is 5.95 Å². The number of hydrogen-bond donors (Lipinski definition) is 1. The van der Waals surface area contributed by atoms with Gasteiger partial charge >= 0.3 is 0 Å². The molecular formula is C11H15FN4O2. The highest BCUT2D eigenvalue weighted by Crippen LogP contribution is 2.15. The van der Waals surface area contributed by atoms with Gasteiger partial charge in [0.25, 0.3) is 0 Å². The predicted octanol–water partition coefficient (Wildman–Crippen LogP) is 1.15. The highest BCUT2D eigenvalue weighted by Gasteiger charge is 2.13. The van der Waals surface area contributed by atoms with Crippen LogP contribution in [0, 0.1) is 5.95 Å². The number of fused-ring (bicyclic) bond motifs is 1. The minimum atomic E-state index is -0.546. The summed E-state index contributed by atoms with van der Waals surface area (Å²) in [5, 5.41) is 0. The van der Waals surface area contributed by atoms with Crippen LogP contribution < -0.4 is 4.90 Å². The zero-order valence-corrected chi connectivity index (χ0v) is 10.5. The summed E-state index contributed by atoms with van der Waals surface area (Å²) < 4.78 is 23.2. The van der Waals surface area contributed by atoms with Crippen LogP contribution in [-0.2, 0) is 9.47 Å². The fourth-order valence-corrected chi connectivity index (χ4v) is 1.59. The molecule has 98 valence electrons. The number of hydrogen-bond acceptors (Lipinski definition) is 5. The van der Waals surface area contributed by atoms with Crippen molar-refractivity contribution in [1.82, 2.24) is 15.0 Å². The summed E-state index contributed by atoms with van der Waals surface area (Å²) in [6.07, 6.45) is -0.354. The second-order valence-electron chi connectivity index (χ2n) is 3.85. The van der Waals surface area contributed by atoms with E-state index in [9.17, 15) is 4.39 Å². The van der Waals surface area contributed by atoms with Crippen LogP contribution in [-0.4, -0.2) is 49.1 Å². The maximum absolute atomic E-state index is 12.9.